The molecular weight excluding hydrogens is 270 g/mol. The minimum atomic E-state index is -0.414. The Morgan fingerprint density at radius 2 is 2.00 bits per heavy atom. The maximum Gasteiger partial charge on any atom is 0.341 e. The lowest BCUT2D eigenvalue weighted by Crippen LogP contribution is -2.26. The molecule has 0 atom stereocenters. The lowest BCUT2D eigenvalue weighted by atomic mass is 10.2. The van der Waals surface area contributed by atoms with E-state index >= 15 is 0 Å². The third-order valence-electron chi connectivity index (χ3n) is 3.18. The molecule has 21 heavy (non-hydrogen) atoms. The number of hydrogen-bond acceptors (Lipinski definition) is 5. The van der Waals surface area contributed by atoms with E-state index in [1.54, 1.807) is 6.07 Å². The second kappa shape index (κ2) is 7.61. The van der Waals surface area contributed by atoms with Crippen LogP contribution in [0.5, 0.6) is 0 Å². The van der Waals surface area contributed by atoms with E-state index in [1.807, 2.05) is 35.2 Å². The molecule has 0 bridgehead atoms. The number of methoxy groups -OCH3 is 1. The molecular formula is C16H19NO4. The summed E-state index contributed by atoms with van der Waals surface area (Å²) >= 11 is 0. The van der Waals surface area contributed by atoms with Crippen molar-refractivity contribution in [1.82, 2.24) is 4.90 Å². The minimum Gasteiger partial charge on any atom is -0.467 e. The van der Waals surface area contributed by atoms with Crippen LogP contribution in [0.3, 0.4) is 0 Å². The van der Waals surface area contributed by atoms with Crippen LogP contribution >= 0.6 is 0 Å². The highest BCUT2D eigenvalue weighted by molar-refractivity contribution is 5.90. The van der Waals surface area contributed by atoms with Gasteiger partial charge in [0, 0.05) is 13.1 Å². The third kappa shape index (κ3) is 4.18. The minimum absolute atomic E-state index is 0.0428. The average molecular weight is 289 g/mol. The van der Waals surface area contributed by atoms with E-state index in [0.29, 0.717) is 31.0 Å². The van der Waals surface area contributed by atoms with Gasteiger partial charge in [0.25, 0.3) is 0 Å². The second-order valence-electron chi connectivity index (χ2n) is 4.67. The molecule has 5 heteroatoms. The number of carbonyl (C=O) groups is 1. The second-order valence-corrected chi connectivity index (χ2v) is 4.67. The first-order chi connectivity index (χ1) is 10.2. The quantitative estimate of drug-likeness (QED) is 0.790. The number of nitrogens with zero attached hydrogens (tertiary/aromatic N) is 1. The molecule has 2 aromatic rings. The fraction of sp³-hybridized carbons (Fsp3) is 0.312. The first kappa shape index (κ1) is 15.3. The van der Waals surface area contributed by atoms with Crippen molar-refractivity contribution in [1.29, 1.82) is 0 Å². The van der Waals surface area contributed by atoms with Crippen LogP contribution in [-0.4, -0.2) is 36.2 Å². The number of aliphatic hydroxyl groups is 1. The zero-order chi connectivity index (χ0) is 15.1. The number of carbonyl (C=O) groups excluding carboxylic acids is 1. The molecule has 2 rings (SSSR count). The number of rotatable bonds is 7. The van der Waals surface area contributed by atoms with Crippen LogP contribution in [0.15, 0.2) is 47.1 Å². The Balaban J connectivity index is 2.09. The predicted octanol–water partition coefficient (Wildman–Crippen LogP) is 2.06. The van der Waals surface area contributed by atoms with E-state index in [1.165, 1.54) is 13.4 Å². The zero-order valence-corrected chi connectivity index (χ0v) is 12.0. The van der Waals surface area contributed by atoms with Crippen LogP contribution < -0.4 is 0 Å². The highest BCUT2D eigenvalue weighted by atomic mass is 16.5. The molecule has 1 heterocycles. The van der Waals surface area contributed by atoms with Crippen molar-refractivity contribution >= 4 is 5.97 Å². The SMILES string of the molecule is COC(=O)c1ccoc1CN(CCO)Cc1ccccc1. The molecule has 112 valence electrons. The smallest absolute Gasteiger partial charge is 0.341 e. The Morgan fingerprint density at radius 1 is 1.24 bits per heavy atom. The molecule has 0 amide bonds. The summed E-state index contributed by atoms with van der Waals surface area (Å²) in [5.41, 5.74) is 1.56. The zero-order valence-electron chi connectivity index (χ0n) is 12.0. The molecule has 0 unspecified atom stereocenters. The molecule has 0 aliphatic rings. The van der Waals surface area contributed by atoms with Gasteiger partial charge in [-0.15, -0.1) is 0 Å². The first-order valence-electron chi connectivity index (χ1n) is 6.76. The van der Waals surface area contributed by atoms with Crippen molar-refractivity contribution in [2.24, 2.45) is 0 Å². The summed E-state index contributed by atoms with van der Waals surface area (Å²) in [6.45, 7) is 1.65. The molecule has 0 fully saturated rings. The molecule has 0 spiro atoms. The number of esters is 1. The van der Waals surface area contributed by atoms with Gasteiger partial charge in [0.1, 0.15) is 11.3 Å². The Labute approximate surface area is 123 Å². The summed E-state index contributed by atoms with van der Waals surface area (Å²) in [4.78, 5) is 13.7. The highest BCUT2D eigenvalue weighted by Crippen LogP contribution is 2.16. The molecule has 5 nitrogen and oxygen atoms in total. The molecule has 0 aliphatic heterocycles. The number of furan rings is 1. The number of benzene rings is 1. The van der Waals surface area contributed by atoms with Gasteiger partial charge in [-0.25, -0.2) is 4.79 Å². The third-order valence-corrected chi connectivity index (χ3v) is 3.18. The van der Waals surface area contributed by atoms with Gasteiger partial charge in [-0.05, 0) is 11.6 Å². The Bertz CT molecular complexity index is 565. The number of ether oxygens (including phenoxy) is 1. The first-order valence-corrected chi connectivity index (χ1v) is 6.76. The van der Waals surface area contributed by atoms with Gasteiger partial charge in [-0.3, -0.25) is 4.90 Å². The van der Waals surface area contributed by atoms with E-state index in [-0.39, 0.29) is 6.61 Å². The predicted molar refractivity (Wildman–Crippen MR) is 77.7 cm³/mol. The van der Waals surface area contributed by atoms with Crippen molar-refractivity contribution in [3.63, 3.8) is 0 Å². The molecule has 0 saturated carbocycles. The standard InChI is InChI=1S/C16H19NO4/c1-20-16(19)14-7-10-21-15(14)12-17(8-9-18)11-13-5-3-2-4-6-13/h2-7,10,18H,8-9,11-12H2,1H3. The van der Waals surface area contributed by atoms with Crippen LogP contribution in [-0.2, 0) is 17.8 Å². The Hall–Kier alpha value is -2.11. The number of aliphatic hydroxyl groups excluding tert-OH is 1. The van der Waals surface area contributed by atoms with Gasteiger partial charge in [0.05, 0.1) is 26.5 Å². The van der Waals surface area contributed by atoms with Crippen molar-refractivity contribution < 1.29 is 19.1 Å². The van der Waals surface area contributed by atoms with Gasteiger partial charge >= 0.3 is 5.97 Å². The van der Waals surface area contributed by atoms with Crippen molar-refractivity contribution in [2.75, 3.05) is 20.3 Å². The summed E-state index contributed by atoms with van der Waals surface area (Å²) in [7, 11) is 1.34. The summed E-state index contributed by atoms with van der Waals surface area (Å²) < 4.78 is 10.1. The van der Waals surface area contributed by atoms with Crippen molar-refractivity contribution in [3.05, 3.63) is 59.5 Å². The molecule has 0 radical (unpaired) electrons. The molecule has 0 saturated heterocycles. The molecule has 1 aromatic heterocycles. The Morgan fingerprint density at radius 3 is 2.67 bits per heavy atom. The fourth-order valence-electron chi connectivity index (χ4n) is 2.16. The van der Waals surface area contributed by atoms with E-state index in [2.05, 4.69) is 0 Å². The largest absolute Gasteiger partial charge is 0.467 e. The monoisotopic (exact) mass is 289 g/mol. The lowest BCUT2D eigenvalue weighted by molar-refractivity contribution is 0.0596. The average Bonchev–Trinajstić information content (AvgIpc) is 2.96. The molecule has 1 aromatic carbocycles. The van der Waals surface area contributed by atoms with Crippen molar-refractivity contribution in [2.45, 2.75) is 13.1 Å². The van der Waals surface area contributed by atoms with Crippen LogP contribution in [0.25, 0.3) is 0 Å². The maximum absolute atomic E-state index is 11.6. The lowest BCUT2D eigenvalue weighted by Gasteiger charge is -2.20. The highest BCUT2D eigenvalue weighted by Gasteiger charge is 2.17. The van der Waals surface area contributed by atoms with Crippen LogP contribution in [0.2, 0.25) is 0 Å². The summed E-state index contributed by atoms with van der Waals surface area (Å²) in [6, 6.07) is 11.5. The fourth-order valence-corrected chi connectivity index (χ4v) is 2.16. The van der Waals surface area contributed by atoms with Crippen molar-refractivity contribution in [3.8, 4) is 0 Å². The van der Waals surface area contributed by atoms with E-state index in [4.69, 9.17) is 9.15 Å². The molecule has 0 aliphatic carbocycles. The van der Waals surface area contributed by atoms with Gasteiger partial charge in [0.15, 0.2) is 0 Å². The maximum atomic E-state index is 11.6. The summed E-state index contributed by atoms with van der Waals surface area (Å²) in [5, 5.41) is 9.20. The van der Waals surface area contributed by atoms with Crippen LogP contribution in [0, 0.1) is 0 Å². The summed E-state index contributed by atoms with van der Waals surface area (Å²) in [6.07, 6.45) is 1.47. The van der Waals surface area contributed by atoms with Gasteiger partial charge in [0.2, 0.25) is 0 Å². The number of hydrogen-bond donors (Lipinski definition) is 1. The van der Waals surface area contributed by atoms with E-state index in [0.717, 1.165) is 5.56 Å². The molecule has 1 N–H and O–H groups in total. The Kier molecular flexibility index (Phi) is 5.54. The van der Waals surface area contributed by atoms with Gasteiger partial charge in [-0.2, -0.15) is 0 Å². The van der Waals surface area contributed by atoms with E-state index in [9.17, 15) is 9.90 Å². The topological polar surface area (TPSA) is 62.9 Å². The van der Waals surface area contributed by atoms with Crippen LogP contribution in [0.4, 0.5) is 0 Å². The van der Waals surface area contributed by atoms with Crippen LogP contribution in [0.1, 0.15) is 21.7 Å². The van der Waals surface area contributed by atoms with Gasteiger partial charge < -0.3 is 14.3 Å². The summed E-state index contributed by atoms with van der Waals surface area (Å²) in [5.74, 6) is 0.133. The van der Waals surface area contributed by atoms with E-state index < -0.39 is 5.97 Å². The normalized spacial score (nSPS) is 10.8. The van der Waals surface area contributed by atoms with Gasteiger partial charge in [-0.1, -0.05) is 30.3 Å².